The molecular weight excluding hydrogens is 383 g/mol. The molecule has 0 N–H and O–H groups in total. The predicted octanol–water partition coefficient (Wildman–Crippen LogP) is 4.01. The van der Waals surface area contributed by atoms with Crippen LogP contribution in [0.5, 0.6) is 0 Å². The molecule has 0 saturated carbocycles. The van der Waals surface area contributed by atoms with Gasteiger partial charge in [0.15, 0.2) is 6.61 Å². The highest BCUT2D eigenvalue weighted by atomic mass is 35.5. The number of hydrogen-bond acceptors (Lipinski definition) is 6. The smallest absolute Gasteiger partial charge is 0.338 e. The zero-order valence-corrected chi connectivity index (χ0v) is 15.4. The summed E-state index contributed by atoms with van der Waals surface area (Å²) in [5.41, 5.74) is 0.238. The second-order valence-corrected chi connectivity index (χ2v) is 6.32. The Morgan fingerprint density at radius 3 is 2.42 bits per heavy atom. The molecule has 26 heavy (non-hydrogen) atoms. The number of esters is 1. The van der Waals surface area contributed by atoms with Gasteiger partial charge in [-0.25, -0.2) is 4.79 Å². The summed E-state index contributed by atoms with van der Waals surface area (Å²) in [7, 11) is 3.30. The number of Topliss-reactive ketones (excluding diaryl/α,β-unsaturated/α-hetero) is 1. The molecule has 7 nitrogen and oxygen atoms in total. The fourth-order valence-electron chi connectivity index (χ4n) is 2.18. The normalized spacial score (nSPS) is 10.3. The van der Waals surface area contributed by atoms with Crippen LogP contribution in [0.3, 0.4) is 0 Å². The average molecular weight is 397 g/mol. The standard InChI is InChI=1S/C17H14Cl2N2O5/c1-20(2)14-6-3-10(7-15(14)21(24)25)17(23)26-9-16(22)12-5-4-11(18)8-13(12)19/h3-8H,9H2,1-2H3. The first-order valence-electron chi connectivity index (χ1n) is 7.32. The van der Waals surface area contributed by atoms with Gasteiger partial charge in [0, 0.05) is 30.7 Å². The van der Waals surface area contributed by atoms with E-state index in [9.17, 15) is 19.7 Å². The molecule has 0 amide bonds. The highest BCUT2D eigenvalue weighted by Crippen LogP contribution is 2.28. The minimum atomic E-state index is -0.850. The van der Waals surface area contributed by atoms with Crippen molar-refractivity contribution in [2.75, 3.05) is 25.6 Å². The van der Waals surface area contributed by atoms with Crippen molar-refractivity contribution in [3.05, 3.63) is 67.7 Å². The molecule has 0 unspecified atom stereocenters. The van der Waals surface area contributed by atoms with Gasteiger partial charge in [0.05, 0.1) is 15.5 Å². The van der Waals surface area contributed by atoms with Crippen LogP contribution in [0.2, 0.25) is 10.0 Å². The molecule has 0 bridgehead atoms. The van der Waals surface area contributed by atoms with Crippen molar-refractivity contribution >= 4 is 46.3 Å². The number of nitrogens with zero attached hydrogens (tertiary/aromatic N) is 2. The maximum absolute atomic E-state index is 12.1. The van der Waals surface area contributed by atoms with Gasteiger partial charge < -0.3 is 9.64 Å². The SMILES string of the molecule is CN(C)c1ccc(C(=O)OCC(=O)c2ccc(Cl)cc2Cl)cc1[N+](=O)[O-]. The Balaban J connectivity index is 2.14. The monoisotopic (exact) mass is 396 g/mol. The maximum atomic E-state index is 12.1. The van der Waals surface area contributed by atoms with E-state index >= 15 is 0 Å². The third-order valence-electron chi connectivity index (χ3n) is 3.46. The minimum absolute atomic E-state index is 0.0303. The van der Waals surface area contributed by atoms with E-state index in [-0.39, 0.29) is 21.8 Å². The van der Waals surface area contributed by atoms with Gasteiger partial charge in [0.1, 0.15) is 5.69 Å². The Morgan fingerprint density at radius 1 is 1.15 bits per heavy atom. The molecule has 0 aliphatic carbocycles. The Labute approximate surface area is 159 Å². The van der Waals surface area contributed by atoms with Crippen LogP contribution in [0, 0.1) is 10.1 Å². The Hall–Kier alpha value is -2.64. The number of anilines is 1. The van der Waals surface area contributed by atoms with Crippen LogP contribution < -0.4 is 4.90 Å². The molecule has 0 heterocycles. The molecule has 0 fully saturated rings. The quantitative estimate of drug-likeness (QED) is 0.317. The molecule has 0 aliphatic heterocycles. The molecule has 136 valence electrons. The number of benzene rings is 2. The van der Waals surface area contributed by atoms with E-state index in [2.05, 4.69) is 0 Å². The number of ketones is 1. The maximum Gasteiger partial charge on any atom is 0.338 e. The highest BCUT2D eigenvalue weighted by Gasteiger charge is 2.20. The van der Waals surface area contributed by atoms with Crippen molar-refractivity contribution < 1.29 is 19.2 Å². The molecule has 2 aromatic rings. The number of nitro groups is 1. The van der Waals surface area contributed by atoms with Crippen molar-refractivity contribution in [2.24, 2.45) is 0 Å². The molecular formula is C17H14Cl2N2O5. The summed E-state index contributed by atoms with van der Waals surface area (Å²) in [6, 6.07) is 8.26. The van der Waals surface area contributed by atoms with Gasteiger partial charge in [-0.05, 0) is 30.3 Å². The van der Waals surface area contributed by atoms with Gasteiger partial charge in [-0.1, -0.05) is 23.2 Å². The van der Waals surface area contributed by atoms with Crippen molar-refractivity contribution in [2.45, 2.75) is 0 Å². The third-order valence-corrected chi connectivity index (χ3v) is 4.00. The first-order valence-corrected chi connectivity index (χ1v) is 8.07. The summed E-state index contributed by atoms with van der Waals surface area (Å²) >= 11 is 11.7. The summed E-state index contributed by atoms with van der Waals surface area (Å²) in [6.07, 6.45) is 0. The molecule has 0 spiro atoms. The average Bonchev–Trinajstić information content (AvgIpc) is 2.58. The lowest BCUT2D eigenvalue weighted by atomic mass is 10.1. The molecule has 0 aliphatic rings. The first kappa shape index (κ1) is 19.7. The zero-order chi connectivity index (χ0) is 19.4. The van der Waals surface area contributed by atoms with Gasteiger partial charge >= 0.3 is 5.97 Å². The number of carbonyl (C=O) groups excluding carboxylic acids is 2. The molecule has 0 saturated heterocycles. The largest absolute Gasteiger partial charge is 0.454 e. The van der Waals surface area contributed by atoms with E-state index in [1.165, 1.54) is 30.3 Å². The van der Waals surface area contributed by atoms with Crippen LogP contribution in [-0.2, 0) is 4.74 Å². The number of halogens is 2. The van der Waals surface area contributed by atoms with Crippen LogP contribution in [0.15, 0.2) is 36.4 Å². The second-order valence-electron chi connectivity index (χ2n) is 5.48. The second kappa shape index (κ2) is 8.16. The highest BCUT2D eigenvalue weighted by molar-refractivity contribution is 6.36. The summed E-state index contributed by atoms with van der Waals surface area (Å²) in [4.78, 5) is 36.3. The number of nitro benzene ring substituents is 1. The lowest BCUT2D eigenvalue weighted by molar-refractivity contribution is -0.384. The lowest BCUT2D eigenvalue weighted by Crippen LogP contribution is -2.16. The molecule has 0 aromatic heterocycles. The molecule has 9 heteroatoms. The molecule has 2 rings (SSSR count). The van der Waals surface area contributed by atoms with E-state index in [1.807, 2.05) is 0 Å². The van der Waals surface area contributed by atoms with E-state index < -0.39 is 23.3 Å². The molecule has 0 atom stereocenters. The fraction of sp³-hybridized carbons (Fsp3) is 0.176. The summed E-state index contributed by atoms with van der Waals surface area (Å²) < 4.78 is 4.95. The van der Waals surface area contributed by atoms with E-state index in [1.54, 1.807) is 19.0 Å². The van der Waals surface area contributed by atoms with Crippen LogP contribution in [-0.4, -0.2) is 37.4 Å². The number of rotatable bonds is 6. The van der Waals surface area contributed by atoms with E-state index in [0.717, 1.165) is 6.07 Å². The molecule has 2 aromatic carbocycles. The van der Waals surface area contributed by atoms with Gasteiger partial charge in [0.2, 0.25) is 5.78 Å². The summed E-state index contributed by atoms with van der Waals surface area (Å²) in [5.74, 6) is -1.36. The van der Waals surface area contributed by atoms with E-state index in [0.29, 0.717) is 10.7 Å². The lowest BCUT2D eigenvalue weighted by Gasteiger charge is -2.13. The number of hydrogen-bond donors (Lipinski definition) is 0. The Bertz CT molecular complexity index is 883. The predicted molar refractivity (Wildman–Crippen MR) is 98.5 cm³/mol. The van der Waals surface area contributed by atoms with Crippen LogP contribution in [0.1, 0.15) is 20.7 Å². The van der Waals surface area contributed by atoms with Gasteiger partial charge in [-0.2, -0.15) is 0 Å². The topological polar surface area (TPSA) is 89.8 Å². The number of carbonyl (C=O) groups is 2. The van der Waals surface area contributed by atoms with Crippen LogP contribution >= 0.6 is 23.2 Å². The van der Waals surface area contributed by atoms with Gasteiger partial charge in [0.25, 0.3) is 5.69 Å². The van der Waals surface area contributed by atoms with Crippen LogP contribution in [0.25, 0.3) is 0 Å². The van der Waals surface area contributed by atoms with Gasteiger partial charge in [-0.3, -0.25) is 14.9 Å². The zero-order valence-electron chi connectivity index (χ0n) is 13.9. The summed E-state index contributed by atoms with van der Waals surface area (Å²) in [5, 5.41) is 11.7. The fourth-order valence-corrected chi connectivity index (χ4v) is 2.70. The van der Waals surface area contributed by atoms with Crippen LogP contribution in [0.4, 0.5) is 11.4 Å². The van der Waals surface area contributed by atoms with Crippen molar-refractivity contribution in [3.63, 3.8) is 0 Å². The number of ether oxygens (including phenoxy) is 1. The van der Waals surface area contributed by atoms with Crippen molar-refractivity contribution in [3.8, 4) is 0 Å². The Morgan fingerprint density at radius 2 is 1.85 bits per heavy atom. The summed E-state index contributed by atoms with van der Waals surface area (Å²) in [6.45, 7) is -0.552. The van der Waals surface area contributed by atoms with Gasteiger partial charge in [-0.15, -0.1) is 0 Å². The van der Waals surface area contributed by atoms with Crippen molar-refractivity contribution in [1.29, 1.82) is 0 Å². The van der Waals surface area contributed by atoms with E-state index in [4.69, 9.17) is 27.9 Å². The first-order chi connectivity index (χ1) is 12.2. The molecule has 0 radical (unpaired) electrons. The third kappa shape index (κ3) is 4.50. The van der Waals surface area contributed by atoms with Crippen molar-refractivity contribution in [1.82, 2.24) is 0 Å². The minimum Gasteiger partial charge on any atom is -0.454 e. The Kier molecular flexibility index (Phi) is 6.18.